The number of hydrogen-bond acceptors (Lipinski definition) is 3. The molecule has 3 nitrogen and oxygen atoms in total. The Morgan fingerprint density at radius 1 is 1.29 bits per heavy atom. The first-order chi connectivity index (χ1) is 10.2. The smallest absolute Gasteiger partial charge is 0.146 e. The fourth-order valence-electron chi connectivity index (χ4n) is 3.05. The number of likely N-dealkylation sites (N-methyl/N-ethyl adjacent to an activating group) is 1. The summed E-state index contributed by atoms with van der Waals surface area (Å²) < 4.78 is 14.0. The SMILES string of the molecule is CCN(CCO)c1cc(CNC2CCCCC2)ccc1F. The van der Waals surface area contributed by atoms with Crippen LogP contribution in [0.1, 0.15) is 44.6 Å². The maximum Gasteiger partial charge on any atom is 0.146 e. The van der Waals surface area contributed by atoms with E-state index in [4.69, 9.17) is 5.11 Å². The lowest BCUT2D eigenvalue weighted by molar-refractivity contribution is 0.302. The van der Waals surface area contributed by atoms with E-state index in [0.29, 0.717) is 24.8 Å². The number of hydrogen-bond donors (Lipinski definition) is 2. The number of aliphatic hydroxyl groups excluding tert-OH is 1. The van der Waals surface area contributed by atoms with Crippen LogP contribution in [0.5, 0.6) is 0 Å². The third kappa shape index (κ3) is 4.68. The summed E-state index contributed by atoms with van der Waals surface area (Å²) in [6.45, 7) is 3.96. The summed E-state index contributed by atoms with van der Waals surface area (Å²) in [7, 11) is 0. The van der Waals surface area contributed by atoms with Gasteiger partial charge in [-0.2, -0.15) is 0 Å². The molecule has 1 aliphatic carbocycles. The number of aliphatic hydroxyl groups is 1. The highest BCUT2D eigenvalue weighted by molar-refractivity contribution is 5.50. The van der Waals surface area contributed by atoms with Gasteiger partial charge in [-0.05, 0) is 37.5 Å². The van der Waals surface area contributed by atoms with Crippen LogP contribution in [0.15, 0.2) is 18.2 Å². The third-order valence-electron chi connectivity index (χ3n) is 4.30. The van der Waals surface area contributed by atoms with Gasteiger partial charge in [-0.3, -0.25) is 0 Å². The highest BCUT2D eigenvalue weighted by Gasteiger charge is 2.14. The topological polar surface area (TPSA) is 35.5 Å². The van der Waals surface area contributed by atoms with E-state index in [-0.39, 0.29) is 12.4 Å². The van der Waals surface area contributed by atoms with E-state index < -0.39 is 0 Å². The lowest BCUT2D eigenvalue weighted by atomic mass is 9.95. The van der Waals surface area contributed by atoms with Crippen LogP contribution in [-0.4, -0.2) is 30.8 Å². The van der Waals surface area contributed by atoms with Gasteiger partial charge in [-0.15, -0.1) is 0 Å². The summed E-state index contributed by atoms with van der Waals surface area (Å²) in [5.74, 6) is -0.216. The van der Waals surface area contributed by atoms with Gasteiger partial charge in [-0.25, -0.2) is 4.39 Å². The van der Waals surface area contributed by atoms with Gasteiger partial charge in [0.25, 0.3) is 0 Å². The number of rotatable bonds is 7. The van der Waals surface area contributed by atoms with Crippen LogP contribution in [0.25, 0.3) is 0 Å². The van der Waals surface area contributed by atoms with Crippen LogP contribution in [0.2, 0.25) is 0 Å². The molecule has 1 aromatic carbocycles. The molecule has 0 atom stereocenters. The molecule has 118 valence electrons. The summed E-state index contributed by atoms with van der Waals surface area (Å²) in [6, 6.07) is 5.89. The van der Waals surface area contributed by atoms with Crippen molar-refractivity contribution in [3.05, 3.63) is 29.6 Å². The Morgan fingerprint density at radius 2 is 2.05 bits per heavy atom. The van der Waals surface area contributed by atoms with Crippen LogP contribution in [0.4, 0.5) is 10.1 Å². The van der Waals surface area contributed by atoms with E-state index in [1.54, 1.807) is 0 Å². The molecule has 0 amide bonds. The molecule has 0 spiro atoms. The standard InChI is InChI=1S/C17H27FN2O/c1-2-20(10-11-21)17-12-14(8-9-16(17)18)13-19-15-6-4-3-5-7-15/h8-9,12,15,19,21H,2-7,10-11,13H2,1H3. The van der Waals surface area contributed by atoms with E-state index in [9.17, 15) is 4.39 Å². The van der Waals surface area contributed by atoms with E-state index in [1.807, 2.05) is 24.0 Å². The molecule has 0 aliphatic heterocycles. The number of nitrogens with one attached hydrogen (secondary N) is 1. The van der Waals surface area contributed by atoms with Crippen LogP contribution in [0.3, 0.4) is 0 Å². The van der Waals surface area contributed by atoms with Crippen LogP contribution < -0.4 is 10.2 Å². The molecule has 0 heterocycles. The van der Waals surface area contributed by atoms with Crippen molar-refractivity contribution in [1.29, 1.82) is 0 Å². The molecule has 1 aromatic rings. The molecule has 1 fully saturated rings. The van der Waals surface area contributed by atoms with Crippen molar-refractivity contribution < 1.29 is 9.50 Å². The van der Waals surface area contributed by atoms with E-state index in [2.05, 4.69) is 5.32 Å². The molecular formula is C17H27FN2O. The molecule has 0 radical (unpaired) electrons. The Balaban J connectivity index is 1.99. The summed E-state index contributed by atoms with van der Waals surface area (Å²) in [5, 5.41) is 12.7. The molecule has 2 N–H and O–H groups in total. The average Bonchev–Trinajstić information content (AvgIpc) is 2.53. The predicted octanol–water partition coefficient (Wildman–Crippen LogP) is 3.07. The minimum atomic E-state index is -0.216. The quantitative estimate of drug-likeness (QED) is 0.811. The van der Waals surface area contributed by atoms with Gasteiger partial charge in [0.15, 0.2) is 0 Å². The summed E-state index contributed by atoms with van der Waals surface area (Å²) in [5.41, 5.74) is 1.70. The minimum absolute atomic E-state index is 0.0395. The second-order valence-electron chi connectivity index (χ2n) is 5.80. The summed E-state index contributed by atoms with van der Waals surface area (Å²) >= 11 is 0. The lowest BCUT2D eigenvalue weighted by Gasteiger charge is -2.25. The Kier molecular flexibility index (Phi) is 6.46. The summed E-state index contributed by atoms with van der Waals surface area (Å²) in [6.07, 6.45) is 6.48. The number of halogens is 1. The number of nitrogens with zero attached hydrogens (tertiary/aromatic N) is 1. The Bertz CT molecular complexity index is 433. The molecule has 0 saturated heterocycles. The molecule has 0 unspecified atom stereocenters. The Labute approximate surface area is 127 Å². The summed E-state index contributed by atoms with van der Waals surface area (Å²) in [4.78, 5) is 1.87. The molecule has 4 heteroatoms. The zero-order valence-electron chi connectivity index (χ0n) is 12.9. The van der Waals surface area contributed by atoms with Crippen LogP contribution in [0, 0.1) is 5.82 Å². The van der Waals surface area contributed by atoms with Gasteiger partial charge in [0.2, 0.25) is 0 Å². The highest BCUT2D eigenvalue weighted by atomic mass is 19.1. The monoisotopic (exact) mass is 294 g/mol. The highest BCUT2D eigenvalue weighted by Crippen LogP contribution is 2.22. The van der Waals surface area contributed by atoms with Crippen LogP contribution >= 0.6 is 0 Å². The van der Waals surface area contributed by atoms with Crippen molar-refractivity contribution >= 4 is 5.69 Å². The van der Waals surface area contributed by atoms with Gasteiger partial charge < -0.3 is 15.3 Å². The molecule has 1 saturated carbocycles. The maximum absolute atomic E-state index is 14.0. The van der Waals surface area contributed by atoms with Crippen molar-refractivity contribution in [2.24, 2.45) is 0 Å². The third-order valence-corrected chi connectivity index (χ3v) is 4.30. The van der Waals surface area contributed by atoms with Crippen molar-refractivity contribution in [1.82, 2.24) is 5.32 Å². The molecular weight excluding hydrogens is 267 g/mol. The van der Waals surface area contributed by atoms with Gasteiger partial charge in [-0.1, -0.05) is 25.3 Å². The van der Waals surface area contributed by atoms with Crippen molar-refractivity contribution in [2.75, 3.05) is 24.6 Å². The normalized spacial score (nSPS) is 16.1. The lowest BCUT2D eigenvalue weighted by Crippen LogP contribution is -2.31. The molecule has 21 heavy (non-hydrogen) atoms. The van der Waals surface area contributed by atoms with E-state index in [0.717, 1.165) is 12.1 Å². The van der Waals surface area contributed by atoms with Gasteiger partial charge in [0, 0.05) is 25.7 Å². The minimum Gasteiger partial charge on any atom is -0.395 e. The first-order valence-electron chi connectivity index (χ1n) is 8.12. The second kappa shape index (κ2) is 8.35. The zero-order valence-corrected chi connectivity index (χ0v) is 12.9. The van der Waals surface area contributed by atoms with Crippen molar-refractivity contribution in [3.63, 3.8) is 0 Å². The molecule has 2 rings (SSSR count). The fraction of sp³-hybridized carbons (Fsp3) is 0.647. The number of anilines is 1. The largest absolute Gasteiger partial charge is 0.395 e. The van der Waals surface area contributed by atoms with Crippen LogP contribution in [-0.2, 0) is 6.54 Å². The Hall–Kier alpha value is -1.13. The van der Waals surface area contributed by atoms with Gasteiger partial charge >= 0.3 is 0 Å². The van der Waals surface area contributed by atoms with Crippen molar-refractivity contribution in [3.8, 4) is 0 Å². The van der Waals surface area contributed by atoms with Crippen molar-refractivity contribution in [2.45, 2.75) is 51.6 Å². The molecule has 1 aliphatic rings. The predicted molar refractivity (Wildman–Crippen MR) is 85.1 cm³/mol. The average molecular weight is 294 g/mol. The first kappa shape index (κ1) is 16.2. The number of benzene rings is 1. The fourth-order valence-corrected chi connectivity index (χ4v) is 3.05. The van der Waals surface area contributed by atoms with E-state index >= 15 is 0 Å². The Morgan fingerprint density at radius 3 is 2.71 bits per heavy atom. The molecule has 0 bridgehead atoms. The van der Waals surface area contributed by atoms with E-state index in [1.165, 1.54) is 38.2 Å². The van der Waals surface area contributed by atoms with Gasteiger partial charge in [0.05, 0.1) is 12.3 Å². The molecule has 0 aromatic heterocycles. The second-order valence-corrected chi connectivity index (χ2v) is 5.80. The maximum atomic E-state index is 14.0. The van der Waals surface area contributed by atoms with Gasteiger partial charge in [0.1, 0.15) is 5.82 Å². The first-order valence-corrected chi connectivity index (χ1v) is 8.12. The zero-order chi connectivity index (χ0) is 15.1.